The Hall–Kier alpha value is -1.55. The van der Waals surface area contributed by atoms with Crippen molar-refractivity contribution < 1.29 is 14.3 Å². The van der Waals surface area contributed by atoms with Gasteiger partial charge in [-0.1, -0.05) is 25.0 Å². The summed E-state index contributed by atoms with van der Waals surface area (Å²) in [5, 5.41) is 3.01. The zero-order chi connectivity index (χ0) is 14.2. The molecule has 0 spiro atoms. The van der Waals surface area contributed by atoms with E-state index in [1.54, 1.807) is 7.11 Å². The Kier molecular flexibility index (Phi) is 5.87. The molecule has 110 valence electrons. The number of amides is 1. The summed E-state index contributed by atoms with van der Waals surface area (Å²) in [6.07, 6.45) is 4.45. The van der Waals surface area contributed by atoms with Gasteiger partial charge in [0.2, 0.25) is 5.91 Å². The number of benzene rings is 1. The second-order valence-electron chi connectivity index (χ2n) is 5.18. The Labute approximate surface area is 120 Å². The SMILES string of the molecule is COCCOc1ccc(CNC(=O)C2CCCC2)cc1. The molecular formula is C16H23NO3. The molecule has 1 aromatic carbocycles. The lowest BCUT2D eigenvalue weighted by molar-refractivity contribution is -0.124. The smallest absolute Gasteiger partial charge is 0.223 e. The molecule has 4 nitrogen and oxygen atoms in total. The molecule has 0 saturated heterocycles. The Morgan fingerprint density at radius 2 is 1.90 bits per heavy atom. The second-order valence-corrected chi connectivity index (χ2v) is 5.18. The van der Waals surface area contributed by atoms with Crippen molar-refractivity contribution in [2.45, 2.75) is 32.2 Å². The van der Waals surface area contributed by atoms with Gasteiger partial charge >= 0.3 is 0 Å². The number of carbonyl (C=O) groups excluding carboxylic acids is 1. The molecule has 20 heavy (non-hydrogen) atoms. The average molecular weight is 277 g/mol. The highest BCUT2D eigenvalue weighted by atomic mass is 16.5. The van der Waals surface area contributed by atoms with Gasteiger partial charge in [-0.2, -0.15) is 0 Å². The highest BCUT2D eigenvalue weighted by molar-refractivity contribution is 5.78. The number of nitrogens with one attached hydrogen (secondary N) is 1. The van der Waals surface area contributed by atoms with Crippen LogP contribution in [0.5, 0.6) is 5.75 Å². The third kappa shape index (κ3) is 4.53. The van der Waals surface area contributed by atoms with Crippen molar-refractivity contribution in [1.29, 1.82) is 0 Å². The van der Waals surface area contributed by atoms with Gasteiger partial charge in [-0.15, -0.1) is 0 Å². The van der Waals surface area contributed by atoms with E-state index in [0.29, 0.717) is 19.8 Å². The van der Waals surface area contributed by atoms with Crippen LogP contribution in [0.1, 0.15) is 31.2 Å². The van der Waals surface area contributed by atoms with Gasteiger partial charge in [-0.25, -0.2) is 0 Å². The van der Waals surface area contributed by atoms with Crippen molar-refractivity contribution in [2.24, 2.45) is 5.92 Å². The van der Waals surface area contributed by atoms with Gasteiger partial charge in [0, 0.05) is 19.6 Å². The van der Waals surface area contributed by atoms with E-state index in [2.05, 4.69) is 5.32 Å². The quantitative estimate of drug-likeness (QED) is 0.779. The number of methoxy groups -OCH3 is 1. The maximum absolute atomic E-state index is 11.9. The summed E-state index contributed by atoms with van der Waals surface area (Å²) in [5.41, 5.74) is 1.09. The van der Waals surface area contributed by atoms with Gasteiger partial charge in [0.25, 0.3) is 0 Å². The molecule has 0 unspecified atom stereocenters. The predicted molar refractivity (Wildman–Crippen MR) is 77.6 cm³/mol. The molecule has 0 bridgehead atoms. The lowest BCUT2D eigenvalue weighted by atomic mass is 10.1. The number of rotatable bonds is 7. The Bertz CT molecular complexity index is 410. The van der Waals surface area contributed by atoms with E-state index in [1.165, 1.54) is 12.8 Å². The topological polar surface area (TPSA) is 47.6 Å². The molecule has 0 heterocycles. The highest BCUT2D eigenvalue weighted by Gasteiger charge is 2.21. The van der Waals surface area contributed by atoms with Crippen LogP contribution in [0.4, 0.5) is 0 Å². The first-order chi connectivity index (χ1) is 9.79. The standard InChI is InChI=1S/C16H23NO3/c1-19-10-11-20-15-8-6-13(7-9-15)12-17-16(18)14-4-2-3-5-14/h6-9,14H,2-5,10-12H2,1H3,(H,17,18). The van der Waals surface area contributed by atoms with E-state index in [0.717, 1.165) is 24.2 Å². The number of hydrogen-bond donors (Lipinski definition) is 1. The molecular weight excluding hydrogens is 254 g/mol. The normalized spacial score (nSPS) is 15.2. The summed E-state index contributed by atoms with van der Waals surface area (Å²) in [5.74, 6) is 1.25. The average Bonchev–Trinajstić information content (AvgIpc) is 3.01. The van der Waals surface area contributed by atoms with E-state index >= 15 is 0 Å². The van der Waals surface area contributed by atoms with Gasteiger partial charge in [0.05, 0.1) is 6.61 Å². The van der Waals surface area contributed by atoms with Crippen molar-refractivity contribution in [3.63, 3.8) is 0 Å². The van der Waals surface area contributed by atoms with Gasteiger partial charge < -0.3 is 14.8 Å². The Morgan fingerprint density at radius 3 is 2.55 bits per heavy atom. The lowest BCUT2D eigenvalue weighted by Gasteiger charge is -2.11. The van der Waals surface area contributed by atoms with E-state index in [4.69, 9.17) is 9.47 Å². The molecule has 1 aliphatic rings. The van der Waals surface area contributed by atoms with Crippen LogP contribution >= 0.6 is 0 Å². The van der Waals surface area contributed by atoms with Crippen LogP contribution in [0.2, 0.25) is 0 Å². The first-order valence-electron chi connectivity index (χ1n) is 7.28. The molecule has 0 aromatic heterocycles. The third-order valence-corrected chi connectivity index (χ3v) is 3.67. The third-order valence-electron chi connectivity index (χ3n) is 3.67. The van der Waals surface area contributed by atoms with Crippen molar-refractivity contribution in [3.05, 3.63) is 29.8 Å². The summed E-state index contributed by atoms with van der Waals surface area (Å²) in [4.78, 5) is 11.9. The molecule has 1 amide bonds. The fourth-order valence-corrected chi connectivity index (χ4v) is 2.47. The van der Waals surface area contributed by atoms with Crippen LogP contribution in [0.25, 0.3) is 0 Å². The zero-order valence-electron chi connectivity index (χ0n) is 12.1. The predicted octanol–water partition coefficient (Wildman–Crippen LogP) is 2.52. The molecule has 0 atom stereocenters. The van der Waals surface area contributed by atoms with Crippen LogP contribution in [0.15, 0.2) is 24.3 Å². The van der Waals surface area contributed by atoms with E-state index < -0.39 is 0 Å². The van der Waals surface area contributed by atoms with Gasteiger partial charge in [-0.05, 0) is 30.5 Å². The number of carbonyl (C=O) groups is 1. The first kappa shape index (κ1) is 14.9. The monoisotopic (exact) mass is 277 g/mol. The minimum atomic E-state index is 0.197. The van der Waals surface area contributed by atoms with Crippen LogP contribution < -0.4 is 10.1 Å². The maximum Gasteiger partial charge on any atom is 0.223 e. The van der Waals surface area contributed by atoms with E-state index in [9.17, 15) is 4.79 Å². The zero-order valence-corrected chi connectivity index (χ0v) is 12.1. The van der Waals surface area contributed by atoms with Crippen molar-refractivity contribution >= 4 is 5.91 Å². The van der Waals surface area contributed by atoms with Crippen molar-refractivity contribution in [1.82, 2.24) is 5.32 Å². The highest BCUT2D eigenvalue weighted by Crippen LogP contribution is 2.24. The van der Waals surface area contributed by atoms with Crippen molar-refractivity contribution in [2.75, 3.05) is 20.3 Å². The first-order valence-corrected chi connectivity index (χ1v) is 7.28. The molecule has 2 rings (SSSR count). The summed E-state index contributed by atoms with van der Waals surface area (Å²) >= 11 is 0. The second kappa shape index (κ2) is 7.90. The molecule has 1 aromatic rings. The summed E-state index contributed by atoms with van der Waals surface area (Å²) in [6.45, 7) is 1.72. The van der Waals surface area contributed by atoms with Crippen molar-refractivity contribution in [3.8, 4) is 5.75 Å². The number of ether oxygens (including phenoxy) is 2. The Balaban J connectivity index is 1.74. The van der Waals surface area contributed by atoms with E-state index in [-0.39, 0.29) is 11.8 Å². The van der Waals surface area contributed by atoms with E-state index in [1.807, 2.05) is 24.3 Å². The minimum Gasteiger partial charge on any atom is -0.491 e. The van der Waals surface area contributed by atoms with Gasteiger partial charge in [0.15, 0.2) is 0 Å². The molecule has 0 radical (unpaired) electrons. The Morgan fingerprint density at radius 1 is 1.20 bits per heavy atom. The van der Waals surface area contributed by atoms with Crippen LogP contribution in [0.3, 0.4) is 0 Å². The van der Waals surface area contributed by atoms with Crippen LogP contribution in [-0.4, -0.2) is 26.2 Å². The summed E-state index contributed by atoms with van der Waals surface area (Å²) < 4.78 is 10.4. The summed E-state index contributed by atoms with van der Waals surface area (Å²) in [7, 11) is 1.65. The number of hydrogen-bond acceptors (Lipinski definition) is 3. The van der Waals surface area contributed by atoms with Gasteiger partial charge in [0.1, 0.15) is 12.4 Å². The molecule has 0 aliphatic heterocycles. The lowest BCUT2D eigenvalue weighted by Crippen LogP contribution is -2.28. The van der Waals surface area contributed by atoms with Crippen LogP contribution in [0, 0.1) is 5.92 Å². The molecule has 1 saturated carbocycles. The molecule has 1 aliphatic carbocycles. The fraction of sp³-hybridized carbons (Fsp3) is 0.562. The molecule has 4 heteroatoms. The molecule has 1 fully saturated rings. The fourth-order valence-electron chi connectivity index (χ4n) is 2.47. The maximum atomic E-state index is 11.9. The largest absolute Gasteiger partial charge is 0.491 e. The summed E-state index contributed by atoms with van der Waals surface area (Å²) in [6, 6.07) is 7.81. The van der Waals surface area contributed by atoms with Gasteiger partial charge in [-0.3, -0.25) is 4.79 Å². The molecule has 1 N–H and O–H groups in total. The minimum absolute atomic E-state index is 0.197. The van der Waals surface area contributed by atoms with Crippen LogP contribution in [-0.2, 0) is 16.1 Å².